The molecule has 18 heavy (non-hydrogen) atoms. The van der Waals surface area contributed by atoms with Gasteiger partial charge in [-0.15, -0.1) is 0 Å². The second-order valence-electron chi connectivity index (χ2n) is 3.98. The van der Waals surface area contributed by atoms with Gasteiger partial charge in [0, 0.05) is 11.6 Å². The van der Waals surface area contributed by atoms with E-state index < -0.39 is 21.9 Å². The number of nitrogen functional groups attached to an aromatic ring is 1. The average molecular weight is 274 g/mol. The van der Waals surface area contributed by atoms with Gasteiger partial charge in [0.25, 0.3) is 10.2 Å². The van der Waals surface area contributed by atoms with Crippen LogP contribution in [-0.2, 0) is 10.2 Å². The molecule has 0 bridgehead atoms. The monoisotopic (exact) mass is 274 g/mol. The summed E-state index contributed by atoms with van der Waals surface area (Å²) in [5.74, 6) is -1.02. The lowest BCUT2D eigenvalue weighted by Gasteiger charge is -2.14. The van der Waals surface area contributed by atoms with Gasteiger partial charge in [-0.2, -0.15) is 13.1 Å². The maximum absolute atomic E-state index is 13.0. The zero-order chi connectivity index (χ0) is 13.9. The number of rotatable bonds is 5. The summed E-state index contributed by atoms with van der Waals surface area (Å²) in [4.78, 5) is 0. The predicted molar refractivity (Wildman–Crippen MR) is 68.2 cm³/mol. The first-order valence-corrected chi connectivity index (χ1v) is 6.63. The maximum Gasteiger partial charge on any atom is 0.299 e. The van der Waals surface area contributed by atoms with Crippen molar-refractivity contribution in [2.45, 2.75) is 19.9 Å². The van der Waals surface area contributed by atoms with E-state index in [1.54, 1.807) is 13.8 Å². The molecular weight excluding hydrogens is 259 g/mol. The van der Waals surface area contributed by atoms with Gasteiger partial charge in [0.1, 0.15) is 11.7 Å². The van der Waals surface area contributed by atoms with Crippen LogP contribution in [0.1, 0.15) is 19.4 Å². The van der Waals surface area contributed by atoms with Crippen LogP contribution in [0.15, 0.2) is 18.2 Å². The molecule has 0 aliphatic carbocycles. The van der Waals surface area contributed by atoms with Crippen LogP contribution in [0.5, 0.6) is 0 Å². The second kappa shape index (κ2) is 5.32. The molecule has 0 saturated carbocycles. The molecule has 0 heterocycles. The van der Waals surface area contributed by atoms with E-state index in [2.05, 4.69) is 9.44 Å². The molecule has 100 valence electrons. The number of hydrogen-bond acceptors (Lipinski definition) is 3. The second-order valence-corrected chi connectivity index (χ2v) is 5.43. The first kappa shape index (κ1) is 14.4. The van der Waals surface area contributed by atoms with Crippen molar-refractivity contribution in [3.8, 4) is 0 Å². The summed E-state index contributed by atoms with van der Waals surface area (Å²) in [5.41, 5.74) is 5.31. The summed E-state index contributed by atoms with van der Waals surface area (Å²) in [6, 6.07) is 3.00. The van der Waals surface area contributed by atoms with E-state index in [4.69, 9.17) is 11.1 Å². The molecule has 1 rings (SSSR count). The average Bonchev–Trinajstić information content (AvgIpc) is 2.18. The molecule has 0 aliphatic heterocycles. The summed E-state index contributed by atoms with van der Waals surface area (Å²) in [6.07, 6.45) is 0. The molecular formula is C10H15FN4O2S. The molecule has 6 nitrogen and oxygen atoms in total. The number of hydrogen-bond donors (Lipinski definition) is 4. The van der Waals surface area contributed by atoms with Crippen LogP contribution in [0.2, 0.25) is 0 Å². The fourth-order valence-corrected chi connectivity index (χ4v) is 2.46. The van der Waals surface area contributed by atoms with E-state index >= 15 is 0 Å². The maximum atomic E-state index is 13.0. The topological polar surface area (TPSA) is 108 Å². The first-order chi connectivity index (χ1) is 8.21. The zero-order valence-corrected chi connectivity index (χ0v) is 10.8. The van der Waals surface area contributed by atoms with Crippen molar-refractivity contribution in [3.63, 3.8) is 0 Å². The zero-order valence-electron chi connectivity index (χ0n) is 9.99. The SMILES string of the molecule is CC(C)NS(=O)(=O)Nc1ccc(F)cc1C(=N)N. The van der Waals surface area contributed by atoms with Gasteiger partial charge >= 0.3 is 0 Å². The highest BCUT2D eigenvalue weighted by molar-refractivity contribution is 7.90. The van der Waals surface area contributed by atoms with Gasteiger partial charge in [0.2, 0.25) is 0 Å². The van der Waals surface area contributed by atoms with E-state index in [1.807, 2.05) is 0 Å². The van der Waals surface area contributed by atoms with Gasteiger partial charge in [0.15, 0.2) is 0 Å². The van der Waals surface area contributed by atoms with Crippen LogP contribution in [0, 0.1) is 11.2 Å². The number of anilines is 1. The van der Waals surface area contributed by atoms with Crippen molar-refractivity contribution in [1.82, 2.24) is 4.72 Å². The van der Waals surface area contributed by atoms with Gasteiger partial charge in [-0.05, 0) is 32.0 Å². The Morgan fingerprint density at radius 3 is 2.56 bits per heavy atom. The molecule has 0 fully saturated rings. The lowest BCUT2D eigenvalue weighted by Crippen LogP contribution is -2.35. The van der Waals surface area contributed by atoms with Gasteiger partial charge in [-0.3, -0.25) is 10.1 Å². The Kier molecular flexibility index (Phi) is 4.25. The van der Waals surface area contributed by atoms with Gasteiger partial charge in [0.05, 0.1) is 5.69 Å². The molecule has 5 N–H and O–H groups in total. The third-order valence-corrected chi connectivity index (χ3v) is 3.18. The molecule has 8 heteroatoms. The molecule has 0 atom stereocenters. The van der Waals surface area contributed by atoms with E-state index in [-0.39, 0.29) is 17.3 Å². The lowest BCUT2D eigenvalue weighted by molar-refractivity contribution is 0.575. The molecule has 0 aromatic heterocycles. The predicted octanol–water partition coefficient (Wildman–Crippen LogP) is 0.764. The Bertz CT molecular complexity index is 557. The summed E-state index contributed by atoms with van der Waals surface area (Å²) < 4.78 is 40.8. The summed E-state index contributed by atoms with van der Waals surface area (Å²) in [7, 11) is -3.78. The summed E-state index contributed by atoms with van der Waals surface area (Å²) >= 11 is 0. The largest absolute Gasteiger partial charge is 0.384 e. The smallest absolute Gasteiger partial charge is 0.299 e. The third-order valence-electron chi connectivity index (χ3n) is 1.91. The standard InChI is InChI=1S/C10H15FN4O2S/c1-6(2)14-18(16,17)15-9-4-3-7(11)5-8(9)10(12)13/h3-6,14-15H,1-2H3,(H3,12,13). The number of nitrogens with one attached hydrogen (secondary N) is 3. The quantitative estimate of drug-likeness (QED) is 0.470. The Hall–Kier alpha value is -1.67. The molecule has 1 aromatic rings. The van der Waals surface area contributed by atoms with Crippen molar-refractivity contribution in [2.75, 3.05) is 4.72 Å². The number of benzene rings is 1. The third kappa shape index (κ3) is 3.97. The van der Waals surface area contributed by atoms with Crippen LogP contribution in [0.25, 0.3) is 0 Å². The van der Waals surface area contributed by atoms with Gasteiger partial charge in [-0.1, -0.05) is 0 Å². The molecule has 0 radical (unpaired) electrons. The highest BCUT2D eigenvalue weighted by Gasteiger charge is 2.15. The van der Waals surface area contributed by atoms with Gasteiger partial charge < -0.3 is 5.73 Å². The normalized spacial score (nSPS) is 11.6. The van der Waals surface area contributed by atoms with E-state index in [9.17, 15) is 12.8 Å². The van der Waals surface area contributed by atoms with Crippen molar-refractivity contribution >= 4 is 21.7 Å². The van der Waals surface area contributed by atoms with Crippen LogP contribution in [0.4, 0.5) is 10.1 Å². The van der Waals surface area contributed by atoms with Crippen molar-refractivity contribution in [1.29, 1.82) is 5.41 Å². The Labute approximate surface area is 105 Å². The fraction of sp³-hybridized carbons (Fsp3) is 0.300. The number of halogens is 1. The van der Waals surface area contributed by atoms with E-state index in [0.29, 0.717) is 0 Å². The first-order valence-electron chi connectivity index (χ1n) is 5.15. The van der Waals surface area contributed by atoms with Crippen LogP contribution < -0.4 is 15.2 Å². The van der Waals surface area contributed by atoms with E-state index in [0.717, 1.165) is 12.1 Å². The Morgan fingerprint density at radius 2 is 2.06 bits per heavy atom. The molecule has 0 aliphatic rings. The van der Waals surface area contributed by atoms with Crippen LogP contribution >= 0.6 is 0 Å². The van der Waals surface area contributed by atoms with Crippen molar-refractivity contribution < 1.29 is 12.8 Å². The molecule has 0 unspecified atom stereocenters. The Balaban J connectivity index is 3.08. The summed E-state index contributed by atoms with van der Waals surface area (Å²) in [6.45, 7) is 3.32. The minimum atomic E-state index is -3.78. The highest BCUT2D eigenvalue weighted by atomic mass is 32.2. The van der Waals surface area contributed by atoms with Crippen molar-refractivity contribution in [3.05, 3.63) is 29.6 Å². The molecule has 1 aromatic carbocycles. The van der Waals surface area contributed by atoms with E-state index in [1.165, 1.54) is 6.07 Å². The summed E-state index contributed by atoms with van der Waals surface area (Å²) in [5, 5.41) is 7.28. The van der Waals surface area contributed by atoms with Crippen molar-refractivity contribution in [2.24, 2.45) is 5.73 Å². The number of amidine groups is 1. The minimum Gasteiger partial charge on any atom is -0.384 e. The fourth-order valence-electron chi connectivity index (χ4n) is 1.31. The molecule has 0 spiro atoms. The molecule has 0 amide bonds. The van der Waals surface area contributed by atoms with Crippen LogP contribution in [0.3, 0.4) is 0 Å². The van der Waals surface area contributed by atoms with Gasteiger partial charge in [-0.25, -0.2) is 4.39 Å². The minimum absolute atomic E-state index is 0.0101. The number of nitrogens with two attached hydrogens (primary N) is 1. The van der Waals surface area contributed by atoms with Crippen LogP contribution in [-0.4, -0.2) is 20.3 Å². The lowest BCUT2D eigenvalue weighted by atomic mass is 10.1. The molecule has 0 saturated heterocycles. The highest BCUT2D eigenvalue weighted by Crippen LogP contribution is 2.17. The Morgan fingerprint density at radius 1 is 1.44 bits per heavy atom.